The molecule has 10 heteroatoms. The van der Waals surface area contributed by atoms with E-state index in [2.05, 4.69) is 30.9 Å². The number of aromatic nitrogens is 5. The number of nitrogens with one attached hydrogen (secondary N) is 2. The molecule has 0 aliphatic rings. The molecule has 0 aliphatic carbocycles. The van der Waals surface area contributed by atoms with Gasteiger partial charge in [0, 0.05) is 6.54 Å². The molecule has 2 aromatic heterocycles. The van der Waals surface area contributed by atoms with Gasteiger partial charge in [0.25, 0.3) is 5.22 Å². The second-order valence-corrected chi connectivity index (χ2v) is 5.25. The van der Waals surface area contributed by atoms with Gasteiger partial charge in [-0.25, -0.2) is 9.78 Å². The third kappa shape index (κ3) is 4.74. The number of nitrogens with zero attached hydrogens (tertiary/aromatic N) is 5. The van der Waals surface area contributed by atoms with Crippen molar-refractivity contribution >= 4 is 23.7 Å². The van der Waals surface area contributed by atoms with E-state index in [1.165, 1.54) is 11.8 Å². The fourth-order valence-electron chi connectivity index (χ4n) is 1.48. The van der Waals surface area contributed by atoms with E-state index in [1.807, 2.05) is 13.8 Å². The molecule has 2 amide bonds. The average Bonchev–Trinajstić information content (AvgIpc) is 3.07. The summed E-state index contributed by atoms with van der Waals surface area (Å²) in [6.07, 6.45) is 2.52. The second kappa shape index (κ2) is 7.62. The lowest BCUT2D eigenvalue weighted by molar-refractivity contribution is 0.250. The number of urea groups is 1. The van der Waals surface area contributed by atoms with Gasteiger partial charge in [-0.05, 0) is 12.2 Å². The fraction of sp³-hybridized carbons (Fsp3) is 0.545. The van der Waals surface area contributed by atoms with Crippen LogP contribution in [-0.4, -0.2) is 36.7 Å². The zero-order valence-corrected chi connectivity index (χ0v) is 12.7. The highest BCUT2D eigenvalue weighted by Gasteiger charge is 2.09. The molecule has 2 rings (SSSR count). The maximum Gasteiger partial charge on any atom is 0.322 e. The highest BCUT2D eigenvalue weighted by atomic mass is 32.2. The summed E-state index contributed by atoms with van der Waals surface area (Å²) in [4.78, 5) is 15.7. The lowest BCUT2D eigenvalue weighted by Crippen LogP contribution is -2.28. The molecule has 0 spiro atoms. The molecule has 0 radical (unpaired) electrons. The molecular weight excluding hydrogens is 294 g/mol. The number of amides is 2. The third-order valence-corrected chi connectivity index (χ3v) is 3.03. The van der Waals surface area contributed by atoms with Crippen LogP contribution in [0.5, 0.6) is 0 Å². The van der Waals surface area contributed by atoms with Crippen LogP contribution in [-0.2, 0) is 13.1 Å². The van der Waals surface area contributed by atoms with Crippen LogP contribution in [0.3, 0.4) is 0 Å². The normalized spacial score (nSPS) is 10.6. The van der Waals surface area contributed by atoms with Crippen LogP contribution < -0.4 is 10.6 Å². The van der Waals surface area contributed by atoms with Gasteiger partial charge in [-0.3, -0.25) is 10.00 Å². The topological polar surface area (TPSA) is 111 Å². The average molecular weight is 311 g/mol. The van der Waals surface area contributed by atoms with E-state index < -0.39 is 6.03 Å². The van der Waals surface area contributed by atoms with Crippen LogP contribution in [0, 0.1) is 0 Å². The van der Waals surface area contributed by atoms with Crippen LogP contribution in [0.15, 0.2) is 16.0 Å². The number of hydrogen-bond acceptors (Lipinski definition) is 7. The number of carbonyl (C=O) groups is 1. The molecule has 0 aromatic carbocycles. The first-order valence-electron chi connectivity index (χ1n) is 6.60. The molecule has 2 heterocycles. The molecule has 9 nitrogen and oxygen atoms in total. The summed E-state index contributed by atoms with van der Waals surface area (Å²) in [6.45, 7) is 4.94. The van der Waals surface area contributed by atoms with Crippen LogP contribution in [0.25, 0.3) is 0 Å². The molecule has 0 unspecified atom stereocenters. The fourth-order valence-corrected chi connectivity index (χ4v) is 1.98. The van der Waals surface area contributed by atoms with Crippen molar-refractivity contribution in [3.63, 3.8) is 0 Å². The van der Waals surface area contributed by atoms with Crippen molar-refractivity contribution in [2.24, 2.45) is 0 Å². The van der Waals surface area contributed by atoms with E-state index in [4.69, 9.17) is 4.42 Å². The van der Waals surface area contributed by atoms with Crippen molar-refractivity contribution in [3.05, 3.63) is 12.2 Å². The number of aryl methyl sites for hydroxylation is 1. The number of anilines is 1. The van der Waals surface area contributed by atoms with Crippen LogP contribution >= 0.6 is 11.8 Å². The first kappa shape index (κ1) is 15.3. The molecule has 0 saturated carbocycles. The molecule has 0 atom stereocenters. The van der Waals surface area contributed by atoms with E-state index >= 15 is 0 Å². The van der Waals surface area contributed by atoms with Crippen molar-refractivity contribution in [3.8, 4) is 0 Å². The van der Waals surface area contributed by atoms with Crippen LogP contribution in [0.1, 0.15) is 26.2 Å². The smallest absolute Gasteiger partial charge is 0.322 e. The van der Waals surface area contributed by atoms with Crippen molar-refractivity contribution in [2.45, 2.75) is 38.6 Å². The lowest BCUT2D eigenvalue weighted by atomic mass is 10.5. The van der Waals surface area contributed by atoms with E-state index in [-0.39, 0.29) is 12.5 Å². The third-order valence-electron chi connectivity index (χ3n) is 2.33. The Labute approximate surface area is 125 Å². The molecule has 0 saturated heterocycles. The molecule has 114 valence electrons. The van der Waals surface area contributed by atoms with Gasteiger partial charge in [-0.2, -0.15) is 0 Å². The summed E-state index contributed by atoms with van der Waals surface area (Å²) < 4.78 is 6.99. The van der Waals surface area contributed by atoms with Gasteiger partial charge < -0.3 is 9.73 Å². The molecule has 0 fully saturated rings. The van der Waals surface area contributed by atoms with Gasteiger partial charge in [0.15, 0.2) is 0 Å². The van der Waals surface area contributed by atoms with Gasteiger partial charge in [-0.15, -0.1) is 15.3 Å². The number of hydrogen-bond donors (Lipinski definition) is 2. The molecular formula is C11H17N7O2S. The summed E-state index contributed by atoms with van der Waals surface area (Å²) in [6, 6.07) is -0.424. The van der Waals surface area contributed by atoms with Crippen molar-refractivity contribution in [2.75, 3.05) is 11.1 Å². The Bertz CT molecular complexity index is 583. The van der Waals surface area contributed by atoms with Gasteiger partial charge >= 0.3 is 6.03 Å². The highest BCUT2D eigenvalue weighted by molar-refractivity contribution is 7.99. The Morgan fingerprint density at radius 1 is 1.43 bits per heavy atom. The molecule has 0 bridgehead atoms. The summed E-state index contributed by atoms with van der Waals surface area (Å²) >= 11 is 1.45. The number of rotatable bonds is 7. The standard InChI is InChI=1S/C11H17N7O2S/c1-3-5-18-7-13-9(17-18)14-10(19)12-6-8-15-16-11(20-8)21-4-2/h7H,3-6H2,1-2H3,(H2,12,14,17,19). The number of carbonyl (C=O) groups excluding carboxylic acids is 1. The quantitative estimate of drug-likeness (QED) is 0.745. The predicted octanol–water partition coefficient (Wildman–Crippen LogP) is 1.50. The summed E-state index contributed by atoms with van der Waals surface area (Å²) in [5, 5.41) is 17.4. The van der Waals surface area contributed by atoms with Crippen molar-refractivity contribution < 1.29 is 9.21 Å². The largest absolute Gasteiger partial charge is 0.414 e. The van der Waals surface area contributed by atoms with E-state index in [9.17, 15) is 4.79 Å². The Kier molecular flexibility index (Phi) is 5.55. The summed E-state index contributed by atoms with van der Waals surface area (Å²) in [7, 11) is 0. The Balaban J connectivity index is 1.78. The molecule has 2 N–H and O–H groups in total. The first-order valence-corrected chi connectivity index (χ1v) is 7.59. The van der Waals surface area contributed by atoms with Crippen LogP contribution in [0.4, 0.5) is 10.7 Å². The predicted molar refractivity (Wildman–Crippen MR) is 76.9 cm³/mol. The van der Waals surface area contributed by atoms with E-state index in [1.54, 1.807) is 11.0 Å². The SMILES string of the molecule is CCCn1cnc(NC(=O)NCc2nnc(SCC)o2)n1. The second-order valence-electron chi connectivity index (χ2n) is 4.03. The maximum atomic E-state index is 11.7. The zero-order chi connectivity index (χ0) is 15.1. The minimum atomic E-state index is -0.424. The maximum absolute atomic E-state index is 11.7. The van der Waals surface area contributed by atoms with Crippen LogP contribution in [0.2, 0.25) is 0 Å². The Morgan fingerprint density at radius 2 is 2.29 bits per heavy atom. The van der Waals surface area contributed by atoms with E-state index in [0.717, 1.165) is 18.7 Å². The highest BCUT2D eigenvalue weighted by Crippen LogP contribution is 2.14. The van der Waals surface area contributed by atoms with Gasteiger partial charge in [0.05, 0.1) is 6.54 Å². The summed E-state index contributed by atoms with van der Waals surface area (Å²) in [5.74, 6) is 1.46. The minimum Gasteiger partial charge on any atom is -0.414 e. The molecule has 0 aliphatic heterocycles. The van der Waals surface area contributed by atoms with E-state index in [0.29, 0.717) is 11.1 Å². The van der Waals surface area contributed by atoms with Gasteiger partial charge in [-0.1, -0.05) is 25.6 Å². The monoisotopic (exact) mass is 311 g/mol. The summed E-state index contributed by atoms with van der Waals surface area (Å²) in [5.41, 5.74) is 0. The molecule has 21 heavy (non-hydrogen) atoms. The van der Waals surface area contributed by atoms with Gasteiger partial charge in [0.1, 0.15) is 6.33 Å². The zero-order valence-electron chi connectivity index (χ0n) is 11.9. The van der Waals surface area contributed by atoms with Crippen molar-refractivity contribution in [1.82, 2.24) is 30.3 Å². The van der Waals surface area contributed by atoms with Crippen molar-refractivity contribution in [1.29, 1.82) is 0 Å². The minimum absolute atomic E-state index is 0.152. The Morgan fingerprint density at radius 3 is 3.05 bits per heavy atom. The number of thioether (sulfide) groups is 1. The van der Waals surface area contributed by atoms with Gasteiger partial charge in [0.2, 0.25) is 11.8 Å². The first-order chi connectivity index (χ1) is 10.2. The lowest BCUT2D eigenvalue weighted by Gasteiger charge is -2.01. The molecule has 2 aromatic rings. The Hall–Kier alpha value is -2.10.